The van der Waals surface area contributed by atoms with Gasteiger partial charge in [-0.25, -0.2) is 4.79 Å². The van der Waals surface area contributed by atoms with E-state index in [0.29, 0.717) is 0 Å². The number of hydrogen-bond donors (Lipinski definition) is 3. The van der Waals surface area contributed by atoms with Gasteiger partial charge in [-0.3, -0.25) is 9.59 Å². The van der Waals surface area contributed by atoms with Crippen LogP contribution in [0, 0.1) is 10.8 Å². The topological polar surface area (TPSA) is 105 Å². The van der Waals surface area contributed by atoms with Crippen molar-refractivity contribution >= 4 is 18.0 Å². The van der Waals surface area contributed by atoms with Crippen molar-refractivity contribution in [2.24, 2.45) is 10.8 Å². The van der Waals surface area contributed by atoms with Gasteiger partial charge in [0, 0.05) is 12.5 Å². The number of aliphatic carboxylic acids is 1. The van der Waals surface area contributed by atoms with Crippen molar-refractivity contribution in [3.05, 3.63) is 59.7 Å². The maximum atomic E-state index is 12.9. The second-order valence-corrected chi connectivity index (χ2v) is 10.7. The monoisotopic (exact) mass is 466 g/mol. The quantitative estimate of drug-likeness (QED) is 0.529. The zero-order valence-electron chi connectivity index (χ0n) is 20.5. The smallest absolute Gasteiger partial charge is 0.407 e. The Kier molecular flexibility index (Phi) is 7.34. The molecule has 0 radical (unpaired) electrons. The van der Waals surface area contributed by atoms with Gasteiger partial charge in [0.2, 0.25) is 5.91 Å². The van der Waals surface area contributed by atoms with E-state index in [-0.39, 0.29) is 31.4 Å². The third-order valence-electron chi connectivity index (χ3n) is 6.11. The number of carbonyl (C=O) groups excluding carboxylic acids is 2. The number of hydrogen-bond acceptors (Lipinski definition) is 4. The molecule has 0 aromatic heterocycles. The molecule has 3 N–H and O–H groups in total. The summed E-state index contributed by atoms with van der Waals surface area (Å²) in [4.78, 5) is 36.7. The number of alkyl carbamates (subject to hydrolysis) is 1. The number of rotatable bonds is 8. The first-order valence-electron chi connectivity index (χ1n) is 11.5. The van der Waals surface area contributed by atoms with Gasteiger partial charge in [0.05, 0.1) is 6.42 Å². The van der Waals surface area contributed by atoms with Gasteiger partial charge < -0.3 is 20.5 Å². The zero-order chi connectivity index (χ0) is 25.1. The molecule has 7 heteroatoms. The summed E-state index contributed by atoms with van der Waals surface area (Å²) in [6.07, 6.45) is -0.741. The minimum Gasteiger partial charge on any atom is -0.481 e. The van der Waals surface area contributed by atoms with Crippen molar-refractivity contribution < 1.29 is 24.2 Å². The van der Waals surface area contributed by atoms with Crippen molar-refractivity contribution in [1.29, 1.82) is 0 Å². The number of fused-ring (bicyclic) bond motifs is 3. The van der Waals surface area contributed by atoms with Crippen LogP contribution in [0.3, 0.4) is 0 Å². The number of benzene rings is 2. The third-order valence-corrected chi connectivity index (χ3v) is 6.11. The molecule has 1 aliphatic carbocycles. The molecule has 0 spiro atoms. The van der Waals surface area contributed by atoms with Crippen LogP contribution in [0.1, 0.15) is 58.1 Å². The molecule has 2 aromatic carbocycles. The molecule has 34 heavy (non-hydrogen) atoms. The highest BCUT2D eigenvalue weighted by atomic mass is 16.5. The Bertz CT molecular complexity index is 1030. The van der Waals surface area contributed by atoms with Crippen LogP contribution in [0.15, 0.2) is 48.5 Å². The summed E-state index contributed by atoms with van der Waals surface area (Å²) in [7, 11) is 0. The lowest BCUT2D eigenvalue weighted by Crippen LogP contribution is -2.55. The van der Waals surface area contributed by atoms with E-state index < -0.39 is 28.9 Å². The summed E-state index contributed by atoms with van der Waals surface area (Å²) >= 11 is 0. The minimum absolute atomic E-state index is 0.0723. The van der Waals surface area contributed by atoms with Crippen molar-refractivity contribution in [2.75, 3.05) is 13.2 Å². The van der Waals surface area contributed by atoms with Crippen LogP contribution >= 0.6 is 0 Å². The standard InChI is InChI=1S/C27H34N2O5/c1-26(2,3)23(24(32)28-16-27(4,5)14-22(30)31)29-25(33)34-15-21-19-12-8-6-10-17(19)18-11-7-9-13-20(18)21/h6-13,21,23H,14-16H2,1-5H3,(H,28,32)(H,29,33)(H,30,31)/t23-/m1/s1. The molecule has 3 rings (SSSR count). The van der Waals surface area contributed by atoms with E-state index in [2.05, 4.69) is 22.8 Å². The SMILES string of the molecule is CC(C)(CNC(=O)[C@@H](NC(=O)OCC1c2ccccc2-c2ccccc21)C(C)(C)C)CC(=O)O. The van der Waals surface area contributed by atoms with Crippen LogP contribution in [-0.4, -0.2) is 42.3 Å². The molecule has 0 fully saturated rings. The highest BCUT2D eigenvalue weighted by Gasteiger charge is 2.35. The molecule has 0 aliphatic heterocycles. The molecule has 182 valence electrons. The predicted molar refractivity (Wildman–Crippen MR) is 130 cm³/mol. The van der Waals surface area contributed by atoms with Crippen molar-refractivity contribution in [3.8, 4) is 11.1 Å². The second kappa shape index (κ2) is 9.87. The van der Waals surface area contributed by atoms with E-state index in [1.165, 1.54) is 0 Å². The van der Waals surface area contributed by atoms with Crippen molar-refractivity contribution in [1.82, 2.24) is 10.6 Å². The Morgan fingerprint density at radius 1 is 0.941 bits per heavy atom. The highest BCUT2D eigenvalue weighted by Crippen LogP contribution is 2.44. The fourth-order valence-corrected chi connectivity index (χ4v) is 4.33. The van der Waals surface area contributed by atoms with Gasteiger partial charge in [-0.05, 0) is 33.1 Å². The number of carboxylic acid groups (broad SMARTS) is 1. The van der Waals surface area contributed by atoms with E-state index in [1.54, 1.807) is 13.8 Å². The first-order valence-corrected chi connectivity index (χ1v) is 11.5. The zero-order valence-corrected chi connectivity index (χ0v) is 20.5. The number of nitrogens with one attached hydrogen (secondary N) is 2. The number of carboxylic acids is 1. The van der Waals surface area contributed by atoms with E-state index in [1.807, 2.05) is 57.2 Å². The number of amides is 2. The van der Waals surface area contributed by atoms with Crippen molar-refractivity contribution in [2.45, 2.75) is 53.0 Å². The average Bonchev–Trinajstić information content (AvgIpc) is 3.06. The van der Waals surface area contributed by atoms with E-state index in [4.69, 9.17) is 9.84 Å². The van der Waals surface area contributed by atoms with Gasteiger partial charge >= 0.3 is 12.1 Å². The van der Waals surface area contributed by atoms with Crippen LogP contribution in [0.2, 0.25) is 0 Å². The van der Waals surface area contributed by atoms with Gasteiger partial charge in [-0.2, -0.15) is 0 Å². The number of carbonyl (C=O) groups is 3. The maximum absolute atomic E-state index is 12.9. The van der Waals surface area contributed by atoms with Crippen LogP contribution in [0.25, 0.3) is 11.1 Å². The Morgan fingerprint density at radius 3 is 1.97 bits per heavy atom. The molecule has 0 bridgehead atoms. The molecule has 2 amide bonds. The second-order valence-electron chi connectivity index (χ2n) is 10.7. The largest absolute Gasteiger partial charge is 0.481 e. The minimum atomic E-state index is -0.927. The van der Waals surface area contributed by atoms with Crippen LogP contribution in [0.5, 0.6) is 0 Å². The lowest BCUT2D eigenvalue weighted by Gasteiger charge is -2.31. The van der Waals surface area contributed by atoms with Gasteiger partial charge in [0.25, 0.3) is 0 Å². The number of ether oxygens (including phenoxy) is 1. The lowest BCUT2D eigenvalue weighted by molar-refractivity contribution is -0.139. The molecule has 0 saturated carbocycles. The van der Waals surface area contributed by atoms with Crippen molar-refractivity contribution in [3.63, 3.8) is 0 Å². The molecule has 1 atom stereocenters. The summed E-state index contributed by atoms with van der Waals surface area (Å²) in [5, 5.41) is 14.6. The van der Waals surface area contributed by atoms with Crippen LogP contribution < -0.4 is 10.6 Å². The van der Waals surface area contributed by atoms with Crippen LogP contribution in [-0.2, 0) is 14.3 Å². The highest BCUT2D eigenvalue weighted by molar-refractivity contribution is 5.86. The van der Waals surface area contributed by atoms with Gasteiger partial charge in [-0.15, -0.1) is 0 Å². The molecule has 0 saturated heterocycles. The molecule has 1 aliphatic rings. The normalized spacial score (nSPS) is 14.0. The average molecular weight is 467 g/mol. The molecule has 0 unspecified atom stereocenters. The van der Waals surface area contributed by atoms with E-state index in [9.17, 15) is 14.4 Å². The first-order chi connectivity index (χ1) is 15.9. The fourth-order valence-electron chi connectivity index (χ4n) is 4.33. The van der Waals surface area contributed by atoms with E-state index >= 15 is 0 Å². The summed E-state index contributed by atoms with van der Waals surface area (Å²) in [5.41, 5.74) is 3.32. The molecule has 2 aromatic rings. The Balaban J connectivity index is 1.65. The summed E-state index contributed by atoms with van der Waals surface area (Å²) in [5.74, 6) is -1.38. The van der Waals surface area contributed by atoms with E-state index in [0.717, 1.165) is 22.3 Å². The van der Waals surface area contributed by atoms with Gasteiger partial charge in [0.1, 0.15) is 12.6 Å². The first kappa shape index (κ1) is 25.3. The molecular weight excluding hydrogens is 432 g/mol. The third kappa shape index (κ3) is 5.95. The predicted octanol–water partition coefficient (Wildman–Crippen LogP) is 4.56. The molecular formula is C27H34N2O5. The summed E-state index contributed by atoms with van der Waals surface area (Å²) < 4.78 is 5.61. The summed E-state index contributed by atoms with van der Waals surface area (Å²) in [6.45, 7) is 9.43. The van der Waals surface area contributed by atoms with Crippen LogP contribution in [0.4, 0.5) is 4.79 Å². The lowest BCUT2D eigenvalue weighted by atomic mass is 9.85. The summed E-state index contributed by atoms with van der Waals surface area (Å²) in [6, 6.07) is 15.3. The Hall–Kier alpha value is -3.35. The maximum Gasteiger partial charge on any atom is 0.407 e. The Labute approximate surface area is 200 Å². The van der Waals surface area contributed by atoms with Gasteiger partial charge in [0.15, 0.2) is 0 Å². The fraction of sp³-hybridized carbons (Fsp3) is 0.444. The molecule has 7 nitrogen and oxygen atoms in total. The Morgan fingerprint density at radius 2 is 1.47 bits per heavy atom. The molecule has 0 heterocycles. The van der Waals surface area contributed by atoms with Gasteiger partial charge in [-0.1, -0.05) is 83.1 Å².